The van der Waals surface area contributed by atoms with Gasteiger partial charge in [-0.3, -0.25) is 0 Å². The van der Waals surface area contributed by atoms with Crippen molar-refractivity contribution in [2.45, 2.75) is 5.41 Å². The highest BCUT2D eigenvalue weighted by molar-refractivity contribution is 7.25. The standard InChI is InChI=1S/C49H31NOS/c1-2-13-32(14-3-1)49(41-19-8-4-15-36(41)37-16-5-9-20-42(37)49)33-25-27-34(28-26-33)50(35-29-30-39-38-17-7-11-24-46(38)52-47(39)31-35)43-21-12-23-45-48(43)40-18-6-10-22-44(40)51-45/h1-31H. The summed E-state index contributed by atoms with van der Waals surface area (Å²) < 4.78 is 8.99. The molecule has 0 amide bonds. The van der Waals surface area contributed by atoms with Crippen molar-refractivity contribution in [1.29, 1.82) is 0 Å². The van der Waals surface area contributed by atoms with Crippen LogP contribution < -0.4 is 4.90 Å². The summed E-state index contributed by atoms with van der Waals surface area (Å²) in [6.07, 6.45) is 0. The van der Waals surface area contributed by atoms with Gasteiger partial charge in [-0.25, -0.2) is 0 Å². The van der Waals surface area contributed by atoms with E-state index in [0.29, 0.717) is 0 Å². The van der Waals surface area contributed by atoms with Gasteiger partial charge in [-0.2, -0.15) is 0 Å². The molecule has 1 aliphatic carbocycles. The maximum Gasteiger partial charge on any atom is 0.137 e. The molecule has 52 heavy (non-hydrogen) atoms. The number of hydrogen-bond acceptors (Lipinski definition) is 3. The van der Waals surface area contributed by atoms with E-state index >= 15 is 0 Å². The van der Waals surface area contributed by atoms with Gasteiger partial charge >= 0.3 is 0 Å². The molecule has 0 saturated heterocycles. The SMILES string of the molecule is c1ccc(C2(c3ccc(N(c4ccc5c(c4)sc4ccccc45)c4cccc5oc6ccccc6c45)cc3)c3ccccc3-c3ccccc32)cc1. The van der Waals surface area contributed by atoms with E-state index in [0.717, 1.165) is 39.0 Å². The Bertz CT molecular complexity index is 2930. The van der Waals surface area contributed by atoms with Crippen molar-refractivity contribution < 1.29 is 4.42 Å². The third-order valence-corrected chi connectivity index (χ3v) is 12.1. The molecule has 0 aliphatic heterocycles. The van der Waals surface area contributed by atoms with Crippen molar-refractivity contribution in [1.82, 2.24) is 0 Å². The van der Waals surface area contributed by atoms with Crippen molar-refractivity contribution in [3.63, 3.8) is 0 Å². The lowest BCUT2D eigenvalue weighted by molar-refractivity contribution is 0.669. The molecule has 0 N–H and O–H groups in total. The van der Waals surface area contributed by atoms with Crippen molar-refractivity contribution in [2.75, 3.05) is 4.90 Å². The first-order chi connectivity index (χ1) is 25.8. The van der Waals surface area contributed by atoms with Gasteiger partial charge in [0.25, 0.3) is 0 Å². The molecule has 0 fully saturated rings. The fraction of sp³-hybridized carbons (Fsp3) is 0.0204. The second-order valence-corrected chi connectivity index (χ2v) is 14.7. The minimum Gasteiger partial charge on any atom is -0.456 e. The van der Waals surface area contributed by atoms with Crippen LogP contribution >= 0.6 is 11.3 Å². The summed E-state index contributed by atoms with van der Waals surface area (Å²) in [7, 11) is 0. The van der Waals surface area contributed by atoms with Crippen molar-refractivity contribution in [3.05, 3.63) is 210 Å². The Labute approximate surface area is 305 Å². The molecule has 0 bridgehead atoms. The summed E-state index contributed by atoms with van der Waals surface area (Å²) in [4.78, 5) is 2.41. The highest BCUT2D eigenvalue weighted by Gasteiger charge is 2.45. The Morgan fingerprint density at radius 3 is 1.81 bits per heavy atom. The summed E-state index contributed by atoms with van der Waals surface area (Å²) in [5.41, 5.74) is 12.3. The van der Waals surface area contributed by atoms with E-state index in [9.17, 15) is 0 Å². The van der Waals surface area contributed by atoms with Gasteiger partial charge in [-0.05, 0) is 81.9 Å². The van der Waals surface area contributed by atoms with Crippen molar-refractivity contribution in [2.24, 2.45) is 0 Å². The zero-order valence-electron chi connectivity index (χ0n) is 28.2. The first kappa shape index (κ1) is 29.3. The van der Waals surface area contributed by atoms with Gasteiger partial charge < -0.3 is 9.32 Å². The van der Waals surface area contributed by atoms with Crippen LogP contribution in [0.2, 0.25) is 0 Å². The van der Waals surface area contributed by atoms with E-state index in [2.05, 4.69) is 187 Å². The number of para-hydroxylation sites is 1. The molecule has 8 aromatic carbocycles. The average molecular weight is 682 g/mol. The number of benzene rings is 8. The maximum atomic E-state index is 6.42. The second-order valence-electron chi connectivity index (χ2n) is 13.6. The summed E-state index contributed by atoms with van der Waals surface area (Å²) in [5.74, 6) is 0. The predicted molar refractivity (Wildman–Crippen MR) is 219 cm³/mol. The van der Waals surface area contributed by atoms with Crippen LogP contribution in [0.5, 0.6) is 0 Å². The fourth-order valence-electron chi connectivity index (χ4n) is 8.80. The molecule has 244 valence electrons. The van der Waals surface area contributed by atoms with Crippen molar-refractivity contribution in [3.8, 4) is 11.1 Å². The Morgan fingerprint density at radius 2 is 1.02 bits per heavy atom. The molecular formula is C49H31NOS. The van der Waals surface area contributed by atoms with Gasteiger partial charge in [-0.15, -0.1) is 11.3 Å². The van der Waals surface area contributed by atoms with E-state index < -0.39 is 5.41 Å². The summed E-state index contributed by atoms with van der Waals surface area (Å²) in [6, 6.07) is 68.5. The number of anilines is 3. The zero-order chi connectivity index (χ0) is 34.2. The summed E-state index contributed by atoms with van der Waals surface area (Å²) in [6.45, 7) is 0. The zero-order valence-corrected chi connectivity index (χ0v) is 29.0. The Balaban J connectivity index is 1.15. The molecule has 0 spiro atoms. The second kappa shape index (κ2) is 11.3. The predicted octanol–water partition coefficient (Wildman–Crippen LogP) is 13.8. The third kappa shape index (κ3) is 4.11. The number of rotatable bonds is 5. The highest BCUT2D eigenvalue weighted by atomic mass is 32.1. The largest absolute Gasteiger partial charge is 0.456 e. The molecule has 2 heterocycles. The molecule has 0 saturated carbocycles. The van der Waals surface area contributed by atoms with Crippen LogP contribution in [0.4, 0.5) is 17.1 Å². The van der Waals surface area contributed by atoms with Crippen LogP contribution in [-0.2, 0) is 5.41 Å². The fourth-order valence-corrected chi connectivity index (χ4v) is 9.93. The van der Waals surface area contributed by atoms with Gasteiger partial charge in [0.15, 0.2) is 0 Å². The molecule has 2 aromatic heterocycles. The van der Waals surface area contributed by atoms with Crippen LogP contribution in [0.3, 0.4) is 0 Å². The van der Waals surface area contributed by atoms with Crippen LogP contribution in [0.15, 0.2) is 192 Å². The van der Waals surface area contributed by atoms with E-state index in [-0.39, 0.29) is 0 Å². The number of hydrogen-bond donors (Lipinski definition) is 0. The molecule has 1 aliphatic rings. The lowest BCUT2D eigenvalue weighted by Gasteiger charge is -2.34. The van der Waals surface area contributed by atoms with Crippen LogP contribution in [0.25, 0.3) is 53.2 Å². The normalized spacial score (nSPS) is 13.2. The monoisotopic (exact) mass is 681 g/mol. The van der Waals surface area contributed by atoms with Gasteiger partial charge in [-0.1, -0.05) is 140 Å². The number of thiophene rings is 1. The molecule has 0 radical (unpaired) electrons. The minimum absolute atomic E-state index is 0.450. The Kier molecular flexibility index (Phi) is 6.37. The van der Waals surface area contributed by atoms with E-state index in [1.807, 2.05) is 17.4 Å². The summed E-state index contributed by atoms with van der Waals surface area (Å²) in [5, 5.41) is 4.81. The number of furan rings is 1. The molecule has 11 rings (SSSR count). The van der Waals surface area contributed by atoms with Crippen LogP contribution in [0.1, 0.15) is 22.3 Å². The lowest BCUT2D eigenvalue weighted by Crippen LogP contribution is -2.28. The molecule has 2 nitrogen and oxygen atoms in total. The van der Waals surface area contributed by atoms with Gasteiger partial charge in [0, 0.05) is 36.9 Å². The summed E-state index contributed by atoms with van der Waals surface area (Å²) >= 11 is 1.85. The van der Waals surface area contributed by atoms with E-state index in [1.54, 1.807) is 0 Å². The highest BCUT2D eigenvalue weighted by Crippen LogP contribution is 2.56. The average Bonchev–Trinajstić information content (AvgIpc) is 3.87. The maximum absolute atomic E-state index is 6.42. The quantitative estimate of drug-likeness (QED) is 0.180. The van der Waals surface area contributed by atoms with E-state index in [4.69, 9.17) is 4.42 Å². The van der Waals surface area contributed by atoms with E-state index in [1.165, 1.54) is 53.6 Å². The molecular weight excluding hydrogens is 651 g/mol. The van der Waals surface area contributed by atoms with Gasteiger partial charge in [0.05, 0.1) is 16.5 Å². The smallest absolute Gasteiger partial charge is 0.137 e. The molecule has 10 aromatic rings. The third-order valence-electron chi connectivity index (χ3n) is 11.0. The van der Waals surface area contributed by atoms with Gasteiger partial charge in [0.2, 0.25) is 0 Å². The first-order valence-electron chi connectivity index (χ1n) is 17.8. The molecule has 0 atom stereocenters. The first-order valence-corrected chi connectivity index (χ1v) is 18.6. The Hall–Kier alpha value is -6.42. The number of nitrogens with zero attached hydrogens (tertiary/aromatic N) is 1. The lowest BCUT2D eigenvalue weighted by atomic mass is 9.68. The Morgan fingerprint density at radius 1 is 0.423 bits per heavy atom. The topological polar surface area (TPSA) is 16.4 Å². The van der Waals surface area contributed by atoms with Gasteiger partial charge in [0.1, 0.15) is 11.2 Å². The molecule has 0 unspecified atom stereocenters. The minimum atomic E-state index is -0.450. The van der Waals surface area contributed by atoms with Crippen molar-refractivity contribution >= 4 is 70.5 Å². The molecule has 3 heteroatoms. The van der Waals surface area contributed by atoms with Crippen LogP contribution in [-0.4, -0.2) is 0 Å². The van der Waals surface area contributed by atoms with Crippen LogP contribution in [0, 0.1) is 0 Å². The number of fused-ring (bicyclic) bond motifs is 9.